The van der Waals surface area contributed by atoms with Crippen molar-refractivity contribution in [3.8, 4) is 0 Å². The summed E-state index contributed by atoms with van der Waals surface area (Å²) in [6.45, 7) is 0.651. The first-order valence-electron chi connectivity index (χ1n) is 5.73. The number of nitrogens with one attached hydrogen (secondary N) is 2. The predicted molar refractivity (Wildman–Crippen MR) is 71.1 cm³/mol. The van der Waals surface area contributed by atoms with Crippen LogP contribution in [0.5, 0.6) is 0 Å². The predicted octanol–water partition coefficient (Wildman–Crippen LogP) is 2.39. The summed E-state index contributed by atoms with van der Waals surface area (Å²) in [5.41, 5.74) is 1.05. The number of hydrogen-bond donors (Lipinski definition) is 2. The van der Waals surface area contributed by atoms with Crippen LogP contribution in [-0.2, 0) is 4.79 Å². The Morgan fingerprint density at radius 3 is 2.65 bits per heavy atom. The third-order valence-electron chi connectivity index (χ3n) is 2.71. The van der Waals surface area contributed by atoms with E-state index in [0.717, 1.165) is 5.69 Å². The highest BCUT2D eigenvalue weighted by molar-refractivity contribution is 5.85. The zero-order valence-electron chi connectivity index (χ0n) is 9.86. The molecule has 0 aliphatic heterocycles. The number of fused-ring (bicyclic) bond motifs is 1. The van der Waals surface area contributed by atoms with Gasteiger partial charge in [-0.1, -0.05) is 30.3 Å². The molecule has 3 heteroatoms. The van der Waals surface area contributed by atoms with Crippen LogP contribution in [0.4, 0.5) is 5.69 Å². The first kappa shape index (κ1) is 11.5. The first-order chi connectivity index (χ1) is 8.29. The van der Waals surface area contributed by atoms with Gasteiger partial charge in [0.2, 0.25) is 5.91 Å². The zero-order valence-corrected chi connectivity index (χ0v) is 9.86. The van der Waals surface area contributed by atoms with Crippen LogP contribution in [0, 0.1) is 0 Å². The van der Waals surface area contributed by atoms with Crippen molar-refractivity contribution in [3.63, 3.8) is 0 Å². The molecule has 0 saturated carbocycles. The summed E-state index contributed by atoms with van der Waals surface area (Å²) in [7, 11) is 1.65. The number of anilines is 1. The third kappa shape index (κ3) is 2.97. The van der Waals surface area contributed by atoms with Crippen molar-refractivity contribution in [3.05, 3.63) is 42.5 Å². The summed E-state index contributed by atoms with van der Waals surface area (Å²) in [4.78, 5) is 11.1. The van der Waals surface area contributed by atoms with Gasteiger partial charge in [-0.05, 0) is 22.9 Å². The molecule has 1 amide bonds. The molecule has 2 aromatic rings. The maximum absolute atomic E-state index is 11.1. The molecule has 0 aromatic heterocycles. The standard InChI is InChI=1S/C14H16N2O/c1-15-14(17)8-9-16-13-7-6-11-4-2-3-5-12(11)10-13/h2-7,10,16H,8-9H2,1H3,(H,15,17). The lowest BCUT2D eigenvalue weighted by Gasteiger charge is -2.07. The van der Waals surface area contributed by atoms with Crippen LogP contribution in [0.15, 0.2) is 42.5 Å². The largest absolute Gasteiger partial charge is 0.385 e. The van der Waals surface area contributed by atoms with E-state index in [1.54, 1.807) is 7.05 Å². The van der Waals surface area contributed by atoms with E-state index >= 15 is 0 Å². The summed E-state index contributed by atoms with van der Waals surface area (Å²) in [6.07, 6.45) is 0.489. The molecule has 0 fully saturated rings. The van der Waals surface area contributed by atoms with Gasteiger partial charge in [0.25, 0.3) is 0 Å². The summed E-state index contributed by atoms with van der Waals surface area (Å²) < 4.78 is 0. The quantitative estimate of drug-likeness (QED) is 0.843. The maximum atomic E-state index is 11.1. The Kier molecular flexibility index (Phi) is 3.60. The van der Waals surface area contributed by atoms with E-state index in [-0.39, 0.29) is 5.91 Å². The van der Waals surface area contributed by atoms with E-state index in [0.29, 0.717) is 13.0 Å². The van der Waals surface area contributed by atoms with Crippen molar-refractivity contribution >= 4 is 22.4 Å². The maximum Gasteiger partial charge on any atom is 0.221 e. The van der Waals surface area contributed by atoms with E-state index in [1.165, 1.54) is 10.8 Å². The second-order valence-electron chi connectivity index (χ2n) is 3.91. The number of amides is 1. The van der Waals surface area contributed by atoms with Crippen LogP contribution >= 0.6 is 0 Å². The molecular weight excluding hydrogens is 212 g/mol. The molecule has 0 spiro atoms. The monoisotopic (exact) mass is 228 g/mol. The molecule has 2 aromatic carbocycles. The van der Waals surface area contributed by atoms with Crippen LogP contribution in [0.2, 0.25) is 0 Å². The Bertz CT molecular complexity index is 522. The normalized spacial score (nSPS) is 10.2. The minimum absolute atomic E-state index is 0.0540. The molecule has 0 atom stereocenters. The van der Waals surface area contributed by atoms with Crippen LogP contribution in [0.25, 0.3) is 10.8 Å². The van der Waals surface area contributed by atoms with Gasteiger partial charge >= 0.3 is 0 Å². The Morgan fingerprint density at radius 1 is 1.12 bits per heavy atom. The molecule has 2 rings (SSSR count). The Hall–Kier alpha value is -2.03. The zero-order chi connectivity index (χ0) is 12.1. The Balaban J connectivity index is 2.02. The fourth-order valence-electron chi connectivity index (χ4n) is 1.74. The molecule has 0 bridgehead atoms. The lowest BCUT2D eigenvalue weighted by atomic mass is 10.1. The SMILES string of the molecule is CNC(=O)CCNc1ccc2ccccc2c1. The first-order valence-corrected chi connectivity index (χ1v) is 5.73. The third-order valence-corrected chi connectivity index (χ3v) is 2.71. The lowest BCUT2D eigenvalue weighted by Crippen LogP contribution is -2.20. The summed E-state index contributed by atoms with van der Waals surface area (Å²) in [5, 5.41) is 8.28. The highest BCUT2D eigenvalue weighted by Crippen LogP contribution is 2.18. The molecule has 0 unspecified atom stereocenters. The number of benzene rings is 2. The van der Waals surface area contributed by atoms with Crippen LogP contribution in [0.1, 0.15) is 6.42 Å². The van der Waals surface area contributed by atoms with Gasteiger partial charge in [-0.25, -0.2) is 0 Å². The highest BCUT2D eigenvalue weighted by Gasteiger charge is 1.98. The molecule has 0 radical (unpaired) electrons. The number of rotatable bonds is 4. The summed E-state index contributed by atoms with van der Waals surface area (Å²) in [6, 6.07) is 14.4. The van der Waals surface area contributed by atoms with Crippen LogP contribution < -0.4 is 10.6 Å². The minimum atomic E-state index is 0.0540. The number of hydrogen-bond acceptors (Lipinski definition) is 2. The summed E-state index contributed by atoms with van der Waals surface area (Å²) >= 11 is 0. The molecule has 0 aliphatic carbocycles. The highest BCUT2D eigenvalue weighted by atomic mass is 16.1. The van der Waals surface area contributed by atoms with E-state index in [2.05, 4.69) is 34.9 Å². The Labute approximate surface area is 101 Å². The average Bonchev–Trinajstić information content (AvgIpc) is 2.38. The second kappa shape index (κ2) is 5.34. The average molecular weight is 228 g/mol. The topological polar surface area (TPSA) is 41.1 Å². The van der Waals surface area contributed by atoms with Gasteiger partial charge in [0.05, 0.1) is 0 Å². The van der Waals surface area contributed by atoms with Crippen LogP contribution in [-0.4, -0.2) is 19.5 Å². The number of carbonyl (C=O) groups is 1. The fourth-order valence-corrected chi connectivity index (χ4v) is 1.74. The van der Waals surface area contributed by atoms with Gasteiger partial charge < -0.3 is 10.6 Å². The van der Waals surface area contributed by atoms with Crippen LogP contribution in [0.3, 0.4) is 0 Å². The smallest absolute Gasteiger partial charge is 0.221 e. The van der Waals surface area contributed by atoms with Gasteiger partial charge in [-0.15, -0.1) is 0 Å². The lowest BCUT2D eigenvalue weighted by molar-refractivity contribution is -0.120. The van der Waals surface area contributed by atoms with Crippen molar-refractivity contribution < 1.29 is 4.79 Å². The van der Waals surface area contributed by atoms with Gasteiger partial charge in [0.1, 0.15) is 0 Å². The molecule has 0 aliphatic rings. The van der Waals surface area contributed by atoms with Crippen molar-refractivity contribution in [2.24, 2.45) is 0 Å². The van der Waals surface area contributed by atoms with Gasteiger partial charge in [-0.3, -0.25) is 4.79 Å². The second-order valence-corrected chi connectivity index (χ2v) is 3.91. The molecule has 3 nitrogen and oxygen atoms in total. The molecule has 17 heavy (non-hydrogen) atoms. The summed E-state index contributed by atoms with van der Waals surface area (Å²) in [5.74, 6) is 0.0540. The van der Waals surface area contributed by atoms with Crippen molar-refractivity contribution in [2.45, 2.75) is 6.42 Å². The van der Waals surface area contributed by atoms with Gasteiger partial charge in [0, 0.05) is 25.7 Å². The van der Waals surface area contributed by atoms with E-state index in [1.807, 2.05) is 18.2 Å². The van der Waals surface area contributed by atoms with Gasteiger partial charge in [-0.2, -0.15) is 0 Å². The van der Waals surface area contributed by atoms with Crippen molar-refractivity contribution in [1.29, 1.82) is 0 Å². The molecule has 0 heterocycles. The molecule has 2 N–H and O–H groups in total. The number of carbonyl (C=O) groups excluding carboxylic acids is 1. The molecular formula is C14H16N2O. The fraction of sp³-hybridized carbons (Fsp3) is 0.214. The molecule has 0 saturated heterocycles. The van der Waals surface area contributed by atoms with E-state index in [4.69, 9.17) is 0 Å². The van der Waals surface area contributed by atoms with Crippen molar-refractivity contribution in [1.82, 2.24) is 5.32 Å². The van der Waals surface area contributed by atoms with E-state index in [9.17, 15) is 4.79 Å². The van der Waals surface area contributed by atoms with Crippen molar-refractivity contribution in [2.75, 3.05) is 18.9 Å². The molecule has 88 valence electrons. The van der Waals surface area contributed by atoms with Gasteiger partial charge in [0.15, 0.2) is 0 Å². The minimum Gasteiger partial charge on any atom is -0.385 e. The van der Waals surface area contributed by atoms with E-state index < -0.39 is 0 Å². The Morgan fingerprint density at radius 2 is 1.88 bits per heavy atom.